The van der Waals surface area contributed by atoms with Crippen molar-refractivity contribution in [3.05, 3.63) is 135 Å². The van der Waals surface area contributed by atoms with Crippen LogP contribution in [0.3, 0.4) is 0 Å². The Kier molecular flexibility index (Phi) is 16.2. The Hall–Kier alpha value is -5.73. The molecule has 15 heteroatoms. The molecule has 2 aliphatic rings. The number of aliphatic hydroxyl groups is 1. The van der Waals surface area contributed by atoms with Gasteiger partial charge in [0.15, 0.2) is 0 Å². The van der Waals surface area contributed by atoms with Crippen molar-refractivity contribution < 1.29 is 29.0 Å². The van der Waals surface area contributed by atoms with Crippen molar-refractivity contribution in [1.29, 1.82) is 0 Å². The van der Waals surface area contributed by atoms with E-state index in [1.807, 2.05) is 99.0 Å². The molecule has 1 saturated heterocycles. The van der Waals surface area contributed by atoms with Gasteiger partial charge in [0.05, 0.1) is 37.5 Å². The third-order valence-corrected chi connectivity index (χ3v) is 13.2. The van der Waals surface area contributed by atoms with E-state index >= 15 is 9.59 Å². The second-order valence-electron chi connectivity index (χ2n) is 17.5. The van der Waals surface area contributed by atoms with Gasteiger partial charge in [0.1, 0.15) is 29.4 Å². The van der Waals surface area contributed by atoms with Gasteiger partial charge in [-0.3, -0.25) is 19.2 Å². The Morgan fingerprint density at radius 1 is 0.909 bits per heavy atom. The van der Waals surface area contributed by atoms with Gasteiger partial charge in [-0.1, -0.05) is 65.7 Å². The highest BCUT2D eigenvalue weighted by atomic mass is 35.5. The number of hydrogen-bond acceptors (Lipinski definition) is 8. The van der Waals surface area contributed by atoms with Crippen LogP contribution in [-0.2, 0) is 52.2 Å². The Morgan fingerprint density at radius 2 is 1.65 bits per heavy atom. The summed E-state index contributed by atoms with van der Waals surface area (Å²) in [7, 11) is 5.98. The molecule has 13 nitrogen and oxygen atoms in total. The van der Waals surface area contributed by atoms with Gasteiger partial charge in [-0.25, -0.2) is 4.98 Å². The van der Waals surface area contributed by atoms with Crippen molar-refractivity contribution in [3.8, 4) is 22.8 Å². The number of carbonyl (C=O) groups excluding carboxylic acids is 4. The number of nitrogens with zero attached hydrogens (tertiary/aromatic N) is 5. The zero-order chi connectivity index (χ0) is 46.9. The number of amides is 4. The molecule has 0 unspecified atom stereocenters. The minimum Gasteiger partial charge on any atom is -0.457 e. The first kappa shape index (κ1) is 48.2. The van der Waals surface area contributed by atoms with Crippen LogP contribution in [0.2, 0.25) is 10.0 Å². The minimum absolute atomic E-state index is 0.0926. The third kappa shape index (κ3) is 11.8. The monoisotopic (exact) mass is 935 g/mol. The molecule has 4 aromatic carbocycles. The number of aliphatic hydroxyl groups excluding tert-OH is 1. The summed E-state index contributed by atoms with van der Waals surface area (Å²) in [5.74, 6) is -0.922. The van der Waals surface area contributed by atoms with E-state index in [-0.39, 0.29) is 31.3 Å². The van der Waals surface area contributed by atoms with Gasteiger partial charge in [0.2, 0.25) is 23.6 Å². The molecule has 0 bridgehead atoms. The number of carbonyl (C=O) groups is 4. The summed E-state index contributed by atoms with van der Waals surface area (Å²) in [6, 6.07) is 26.0. The Balaban J connectivity index is 1.21. The smallest absolute Gasteiger partial charge is 0.244 e. The first-order chi connectivity index (χ1) is 31.8. The summed E-state index contributed by atoms with van der Waals surface area (Å²) >= 11 is 12.7. The first-order valence-corrected chi connectivity index (χ1v) is 23.4. The molecule has 7 rings (SSSR count). The summed E-state index contributed by atoms with van der Waals surface area (Å²) in [5, 5.41) is 16.8. The summed E-state index contributed by atoms with van der Waals surface area (Å²) in [5.41, 5.74) is 5.75. The van der Waals surface area contributed by atoms with Gasteiger partial charge in [-0.15, -0.1) is 0 Å². The molecule has 4 amide bonds. The van der Waals surface area contributed by atoms with Gasteiger partial charge in [0.25, 0.3) is 0 Å². The van der Waals surface area contributed by atoms with E-state index in [1.54, 1.807) is 25.1 Å². The maximum Gasteiger partial charge on any atom is 0.244 e. The van der Waals surface area contributed by atoms with Crippen LogP contribution in [0, 0.1) is 5.92 Å². The molecular weight excluding hydrogens is 878 g/mol. The lowest BCUT2D eigenvalue weighted by molar-refractivity contribution is -0.146. The fourth-order valence-corrected chi connectivity index (χ4v) is 9.27. The number of aryl methyl sites for hydroxylation is 2. The van der Waals surface area contributed by atoms with Gasteiger partial charge in [0, 0.05) is 54.3 Å². The lowest BCUT2D eigenvalue weighted by Crippen LogP contribution is -2.55. The van der Waals surface area contributed by atoms with Gasteiger partial charge >= 0.3 is 0 Å². The molecule has 1 aliphatic heterocycles. The predicted molar refractivity (Wildman–Crippen MR) is 256 cm³/mol. The van der Waals surface area contributed by atoms with E-state index in [4.69, 9.17) is 27.9 Å². The van der Waals surface area contributed by atoms with Crippen molar-refractivity contribution in [2.45, 2.75) is 76.5 Å². The molecule has 1 aromatic heterocycles. The number of rotatable bonds is 13. The largest absolute Gasteiger partial charge is 0.457 e. The Labute approximate surface area is 397 Å². The van der Waals surface area contributed by atoms with Crippen LogP contribution in [0.5, 0.6) is 11.5 Å². The molecule has 0 saturated carbocycles. The van der Waals surface area contributed by atoms with Gasteiger partial charge in [-0.05, 0) is 124 Å². The van der Waals surface area contributed by atoms with E-state index in [0.717, 1.165) is 40.2 Å². The van der Waals surface area contributed by atoms with Crippen LogP contribution in [0.25, 0.3) is 11.3 Å². The number of fused-ring (bicyclic) bond motifs is 1. The number of halogens is 2. The van der Waals surface area contributed by atoms with Gasteiger partial charge in [-0.2, -0.15) is 0 Å². The maximum atomic E-state index is 15.2. The number of ether oxygens (including phenoxy) is 1. The molecule has 5 aromatic rings. The van der Waals surface area contributed by atoms with Crippen molar-refractivity contribution in [2.24, 2.45) is 13.0 Å². The van der Waals surface area contributed by atoms with Crippen LogP contribution in [0.4, 0.5) is 0 Å². The van der Waals surface area contributed by atoms with Gasteiger partial charge < -0.3 is 39.7 Å². The van der Waals surface area contributed by atoms with Crippen molar-refractivity contribution in [3.63, 3.8) is 0 Å². The first-order valence-electron chi connectivity index (χ1n) is 22.6. The fraction of sp³-hybridized carbons (Fsp3) is 0.392. The zero-order valence-electron chi connectivity index (χ0n) is 38.0. The molecule has 0 radical (unpaired) electrons. The lowest BCUT2D eigenvalue weighted by Gasteiger charge is -2.34. The second kappa shape index (κ2) is 22.2. The summed E-state index contributed by atoms with van der Waals surface area (Å²) in [4.78, 5) is 67.7. The number of hydrogen-bond donors (Lipinski definition) is 3. The minimum atomic E-state index is -1.26. The van der Waals surface area contributed by atoms with Crippen LogP contribution < -0.4 is 15.4 Å². The summed E-state index contributed by atoms with van der Waals surface area (Å²) in [6.07, 6.45) is 4.95. The van der Waals surface area contributed by atoms with E-state index < -0.39 is 42.3 Å². The number of imidazole rings is 1. The Morgan fingerprint density at radius 3 is 2.39 bits per heavy atom. The highest BCUT2D eigenvalue weighted by Crippen LogP contribution is 2.41. The molecule has 2 heterocycles. The van der Waals surface area contributed by atoms with Crippen LogP contribution in [-0.4, -0.2) is 105 Å². The molecule has 1 aliphatic carbocycles. The lowest BCUT2D eigenvalue weighted by atomic mass is 9.83. The molecular formula is C51H59Cl2N7O6. The van der Waals surface area contributed by atoms with Crippen molar-refractivity contribution >= 4 is 46.8 Å². The van der Waals surface area contributed by atoms with Crippen molar-refractivity contribution in [2.75, 3.05) is 40.3 Å². The number of benzene rings is 4. The molecule has 0 spiro atoms. The average Bonchev–Trinajstić information content (AvgIpc) is 3.90. The molecule has 66 heavy (non-hydrogen) atoms. The second-order valence-corrected chi connectivity index (χ2v) is 18.4. The van der Waals surface area contributed by atoms with Crippen LogP contribution in [0.1, 0.15) is 66.6 Å². The third-order valence-electron chi connectivity index (χ3n) is 12.7. The van der Waals surface area contributed by atoms with E-state index in [0.29, 0.717) is 72.4 Å². The summed E-state index contributed by atoms with van der Waals surface area (Å²) < 4.78 is 8.54. The average molecular weight is 937 g/mol. The standard InChI is InChI=1S/C51H59Cl2N7O6/c1-33-49(63)56-44(32-61)50(64)54-24-8-26-59(25-7-9-34-12-18-38(52)19-13-34)51(65)43(42-23-17-35-10-5-6-11-41(35)42)28-48(62)60(33)30-37-14-20-39(53)27-46(37)66-40-21-15-36(16-22-40)45-29-55-47(58(45)4)31-57(2)3/h5-6,10-16,18-22,27,29,33,42-44,61H,7-9,17,23-26,28,30-32H2,1-4H3,(H,54,64)(H,56,63)/t33-,42+,43-,44-/m0/s1. The molecule has 1 fully saturated rings. The van der Waals surface area contributed by atoms with Crippen LogP contribution in [0.15, 0.2) is 97.2 Å². The normalized spacial score (nSPS) is 19.9. The Bertz CT molecular complexity index is 2490. The zero-order valence-corrected chi connectivity index (χ0v) is 39.5. The van der Waals surface area contributed by atoms with Crippen LogP contribution >= 0.6 is 23.2 Å². The summed E-state index contributed by atoms with van der Waals surface area (Å²) in [6.45, 7) is 2.52. The fourth-order valence-electron chi connectivity index (χ4n) is 8.98. The maximum absolute atomic E-state index is 15.2. The highest BCUT2D eigenvalue weighted by Gasteiger charge is 2.40. The molecule has 348 valence electrons. The topological polar surface area (TPSA) is 149 Å². The van der Waals surface area contributed by atoms with E-state index in [1.165, 1.54) is 4.90 Å². The van der Waals surface area contributed by atoms with E-state index in [2.05, 4.69) is 31.2 Å². The highest BCUT2D eigenvalue weighted by molar-refractivity contribution is 6.31. The molecule has 3 N–H and O–H groups in total. The number of aromatic nitrogens is 2. The quantitative estimate of drug-likeness (QED) is 0.113. The van der Waals surface area contributed by atoms with E-state index in [9.17, 15) is 14.7 Å². The number of nitrogens with one attached hydrogen (secondary N) is 2. The SMILES string of the molecule is C[C@H]1C(=O)N[C@@H](CO)C(=O)NCCCN(CCCc2ccc(Cl)cc2)C(=O)[C@H]([C@@H]2CCc3ccccc32)CC(=O)N1Cc1ccc(Cl)cc1Oc1ccc(-c2cnc(CN(C)C)n2C)cc1. The van der Waals surface area contributed by atoms with Crippen molar-refractivity contribution in [1.82, 2.24) is 34.9 Å². The molecule has 4 atom stereocenters. The predicted octanol–water partition coefficient (Wildman–Crippen LogP) is 7.16.